The first-order chi connectivity index (χ1) is 7.79. The molecule has 0 amide bonds. The Balaban J connectivity index is 1.98. The van der Waals surface area contributed by atoms with Gasteiger partial charge in [0, 0.05) is 15.4 Å². The Morgan fingerprint density at radius 2 is 2.19 bits per heavy atom. The summed E-state index contributed by atoms with van der Waals surface area (Å²) in [4.78, 5) is 1.43. The van der Waals surface area contributed by atoms with Crippen LogP contribution in [0, 0.1) is 0 Å². The molecule has 0 aliphatic heterocycles. The quantitative estimate of drug-likeness (QED) is 0.881. The molecule has 2 aromatic rings. The molecule has 2 aromatic heterocycles. The SMILES string of the molecule is CNC(Cc1ccsc1)Cc1sccc1Br. The Hall–Kier alpha value is -0.160. The van der Waals surface area contributed by atoms with Crippen molar-refractivity contribution >= 4 is 38.6 Å². The maximum atomic E-state index is 3.59. The minimum absolute atomic E-state index is 0.518. The third-order valence-corrected chi connectivity index (χ3v) is 5.27. The average Bonchev–Trinajstić information content (AvgIpc) is 2.90. The fourth-order valence-electron chi connectivity index (χ4n) is 1.66. The van der Waals surface area contributed by atoms with Crippen LogP contribution in [0.15, 0.2) is 32.7 Å². The lowest BCUT2D eigenvalue weighted by atomic mass is 10.1. The van der Waals surface area contributed by atoms with Gasteiger partial charge in [-0.1, -0.05) is 0 Å². The number of hydrogen-bond donors (Lipinski definition) is 1. The number of hydrogen-bond acceptors (Lipinski definition) is 3. The topological polar surface area (TPSA) is 12.0 Å². The maximum absolute atomic E-state index is 3.59. The average molecular weight is 316 g/mol. The minimum Gasteiger partial charge on any atom is -0.316 e. The zero-order valence-electron chi connectivity index (χ0n) is 9.07. The maximum Gasteiger partial charge on any atom is 0.0314 e. The van der Waals surface area contributed by atoms with Crippen molar-refractivity contribution in [3.05, 3.63) is 43.2 Å². The molecule has 86 valence electrons. The molecule has 0 fully saturated rings. The molecule has 0 aromatic carbocycles. The van der Waals surface area contributed by atoms with E-state index >= 15 is 0 Å². The Labute approximate surface area is 113 Å². The van der Waals surface area contributed by atoms with Crippen molar-refractivity contribution in [3.63, 3.8) is 0 Å². The van der Waals surface area contributed by atoms with Crippen molar-refractivity contribution in [2.75, 3.05) is 7.05 Å². The molecule has 0 radical (unpaired) electrons. The van der Waals surface area contributed by atoms with Crippen molar-refractivity contribution < 1.29 is 0 Å². The van der Waals surface area contributed by atoms with Gasteiger partial charge in [-0.2, -0.15) is 11.3 Å². The Morgan fingerprint density at radius 3 is 2.75 bits per heavy atom. The molecule has 0 aliphatic carbocycles. The molecule has 4 heteroatoms. The largest absolute Gasteiger partial charge is 0.316 e. The first-order valence-electron chi connectivity index (χ1n) is 5.20. The van der Waals surface area contributed by atoms with Gasteiger partial charge in [-0.05, 0) is 69.7 Å². The van der Waals surface area contributed by atoms with Crippen LogP contribution in [0.3, 0.4) is 0 Å². The van der Waals surface area contributed by atoms with E-state index in [1.54, 1.807) is 11.3 Å². The van der Waals surface area contributed by atoms with Crippen LogP contribution in [-0.4, -0.2) is 13.1 Å². The van der Waals surface area contributed by atoms with Crippen LogP contribution >= 0.6 is 38.6 Å². The first kappa shape index (κ1) is 12.3. The molecule has 0 bridgehead atoms. The third kappa shape index (κ3) is 3.17. The van der Waals surface area contributed by atoms with E-state index in [1.165, 1.54) is 14.9 Å². The molecule has 16 heavy (non-hydrogen) atoms. The van der Waals surface area contributed by atoms with E-state index in [4.69, 9.17) is 0 Å². The Kier molecular flexibility index (Phi) is 4.58. The van der Waals surface area contributed by atoms with E-state index in [2.05, 4.69) is 49.5 Å². The van der Waals surface area contributed by atoms with E-state index in [1.807, 2.05) is 18.4 Å². The molecule has 1 N–H and O–H groups in total. The van der Waals surface area contributed by atoms with Crippen LogP contribution in [0.2, 0.25) is 0 Å². The standard InChI is InChI=1S/C12H14BrNS2/c1-14-10(6-9-2-4-15-8-9)7-12-11(13)3-5-16-12/h2-5,8,10,14H,6-7H2,1H3. The monoisotopic (exact) mass is 315 g/mol. The van der Waals surface area contributed by atoms with Gasteiger partial charge in [0.2, 0.25) is 0 Å². The summed E-state index contributed by atoms with van der Waals surface area (Å²) in [5, 5.41) is 9.90. The predicted octanol–water partition coefficient (Wildman–Crippen LogP) is 3.95. The summed E-state index contributed by atoms with van der Waals surface area (Å²) in [5.41, 5.74) is 1.43. The van der Waals surface area contributed by atoms with Gasteiger partial charge in [0.25, 0.3) is 0 Å². The second kappa shape index (κ2) is 5.96. The van der Waals surface area contributed by atoms with Crippen molar-refractivity contribution in [1.82, 2.24) is 5.32 Å². The zero-order valence-corrected chi connectivity index (χ0v) is 12.3. The van der Waals surface area contributed by atoms with E-state index in [0.717, 1.165) is 12.8 Å². The van der Waals surface area contributed by atoms with Gasteiger partial charge < -0.3 is 5.32 Å². The van der Waals surface area contributed by atoms with Crippen LogP contribution in [0.1, 0.15) is 10.4 Å². The highest BCUT2D eigenvalue weighted by Crippen LogP contribution is 2.24. The number of likely N-dealkylation sites (N-methyl/N-ethyl adjacent to an activating group) is 1. The summed E-state index contributed by atoms with van der Waals surface area (Å²) >= 11 is 7.18. The van der Waals surface area contributed by atoms with Gasteiger partial charge in [-0.25, -0.2) is 0 Å². The first-order valence-corrected chi connectivity index (χ1v) is 7.81. The fourth-order valence-corrected chi connectivity index (χ4v) is 3.94. The molecule has 1 nitrogen and oxygen atoms in total. The molecule has 2 heterocycles. The van der Waals surface area contributed by atoms with Crippen molar-refractivity contribution in [1.29, 1.82) is 0 Å². The molecular weight excluding hydrogens is 302 g/mol. The normalized spacial score (nSPS) is 12.9. The van der Waals surface area contributed by atoms with Crippen molar-refractivity contribution in [3.8, 4) is 0 Å². The van der Waals surface area contributed by atoms with Gasteiger partial charge in [0.15, 0.2) is 0 Å². The molecule has 1 atom stereocenters. The van der Waals surface area contributed by atoms with Crippen molar-refractivity contribution in [2.24, 2.45) is 0 Å². The van der Waals surface area contributed by atoms with Crippen LogP contribution in [0.25, 0.3) is 0 Å². The summed E-state index contributed by atoms with van der Waals surface area (Å²) in [6.45, 7) is 0. The van der Waals surface area contributed by atoms with Gasteiger partial charge in [0.05, 0.1) is 0 Å². The molecule has 1 unspecified atom stereocenters. The second-order valence-corrected chi connectivity index (χ2v) is 6.35. The van der Waals surface area contributed by atoms with E-state index < -0.39 is 0 Å². The zero-order chi connectivity index (χ0) is 11.4. The number of halogens is 1. The van der Waals surface area contributed by atoms with Crippen molar-refractivity contribution in [2.45, 2.75) is 18.9 Å². The van der Waals surface area contributed by atoms with Gasteiger partial charge in [0.1, 0.15) is 0 Å². The Morgan fingerprint density at radius 1 is 1.31 bits per heavy atom. The highest BCUT2D eigenvalue weighted by Gasteiger charge is 2.11. The van der Waals surface area contributed by atoms with Crippen LogP contribution in [-0.2, 0) is 12.8 Å². The van der Waals surface area contributed by atoms with Gasteiger partial charge in [-0.3, -0.25) is 0 Å². The van der Waals surface area contributed by atoms with Crippen LogP contribution < -0.4 is 5.32 Å². The lowest BCUT2D eigenvalue weighted by Gasteiger charge is -2.14. The van der Waals surface area contributed by atoms with Crippen LogP contribution in [0.4, 0.5) is 0 Å². The lowest BCUT2D eigenvalue weighted by molar-refractivity contribution is 0.560. The predicted molar refractivity (Wildman–Crippen MR) is 76.6 cm³/mol. The Bertz CT molecular complexity index is 422. The summed E-state index contributed by atoms with van der Waals surface area (Å²) in [7, 11) is 2.04. The number of thiophene rings is 2. The smallest absolute Gasteiger partial charge is 0.0314 e. The summed E-state index contributed by atoms with van der Waals surface area (Å²) in [6, 6.07) is 4.85. The molecule has 0 aliphatic rings. The van der Waals surface area contributed by atoms with Gasteiger partial charge in [-0.15, -0.1) is 11.3 Å². The summed E-state index contributed by atoms with van der Waals surface area (Å²) < 4.78 is 1.24. The minimum atomic E-state index is 0.518. The van der Waals surface area contributed by atoms with E-state index in [0.29, 0.717) is 6.04 Å². The molecule has 0 saturated heterocycles. The van der Waals surface area contributed by atoms with E-state index in [-0.39, 0.29) is 0 Å². The molecule has 2 rings (SSSR count). The van der Waals surface area contributed by atoms with E-state index in [9.17, 15) is 0 Å². The highest BCUT2D eigenvalue weighted by molar-refractivity contribution is 9.10. The molecular formula is C12H14BrNS2. The third-order valence-electron chi connectivity index (χ3n) is 2.59. The molecule has 0 spiro atoms. The van der Waals surface area contributed by atoms with Crippen LogP contribution in [0.5, 0.6) is 0 Å². The number of rotatable bonds is 5. The fraction of sp³-hybridized carbons (Fsp3) is 0.333. The molecule has 0 saturated carbocycles. The highest BCUT2D eigenvalue weighted by atomic mass is 79.9. The number of nitrogens with one attached hydrogen (secondary N) is 1. The second-order valence-electron chi connectivity index (χ2n) is 3.72. The lowest BCUT2D eigenvalue weighted by Crippen LogP contribution is -2.29. The van der Waals surface area contributed by atoms with Gasteiger partial charge >= 0.3 is 0 Å². The summed E-state index contributed by atoms with van der Waals surface area (Å²) in [5.74, 6) is 0. The summed E-state index contributed by atoms with van der Waals surface area (Å²) in [6.07, 6.45) is 2.19.